The topological polar surface area (TPSA) is 53.4 Å². The van der Waals surface area contributed by atoms with Crippen LogP contribution in [-0.2, 0) is 13.1 Å². The van der Waals surface area contributed by atoms with Gasteiger partial charge in [0.05, 0.1) is 11.3 Å². The number of nitrogens with zero attached hydrogens (tertiary/aromatic N) is 2. The van der Waals surface area contributed by atoms with Gasteiger partial charge in [-0.15, -0.1) is 0 Å². The standard InChI is InChI=1S/C15H16N2O2/c1-17(10-12-6-3-2-4-7-12)11-14-13(15(18)19)8-5-9-16-14/h2-9H,10-11H2,1H3,(H,18,19). The summed E-state index contributed by atoms with van der Waals surface area (Å²) in [6.07, 6.45) is 1.62. The number of hydrogen-bond acceptors (Lipinski definition) is 3. The predicted octanol–water partition coefficient (Wildman–Crippen LogP) is 2.41. The molecule has 0 spiro atoms. The SMILES string of the molecule is CN(Cc1ccccc1)Cc1ncccc1C(=O)O. The molecule has 4 nitrogen and oxygen atoms in total. The Morgan fingerprint density at radius 2 is 1.89 bits per heavy atom. The molecule has 1 aromatic carbocycles. The lowest BCUT2D eigenvalue weighted by molar-refractivity contribution is 0.0694. The molecular formula is C15H16N2O2. The third-order valence-electron chi connectivity index (χ3n) is 2.84. The first-order valence-corrected chi connectivity index (χ1v) is 6.06. The van der Waals surface area contributed by atoms with E-state index in [1.54, 1.807) is 18.3 Å². The maximum absolute atomic E-state index is 11.1. The van der Waals surface area contributed by atoms with E-state index in [1.807, 2.05) is 42.3 Å². The van der Waals surface area contributed by atoms with Crippen LogP contribution in [0.4, 0.5) is 0 Å². The summed E-state index contributed by atoms with van der Waals surface area (Å²) >= 11 is 0. The summed E-state index contributed by atoms with van der Waals surface area (Å²) in [7, 11) is 1.95. The van der Waals surface area contributed by atoms with Gasteiger partial charge < -0.3 is 5.11 Å². The largest absolute Gasteiger partial charge is 0.478 e. The van der Waals surface area contributed by atoms with E-state index in [-0.39, 0.29) is 5.56 Å². The van der Waals surface area contributed by atoms with Gasteiger partial charge in [-0.25, -0.2) is 4.79 Å². The highest BCUT2D eigenvalue weighted by atomic mass is 16.4. The normalized spacial score (nSPS) is 10.6. The van der Waals surface area contributed by atoms with E-state index in [0.29, 0.717) is 12.2 Å². The Balaban J connectivity index is 2.07. The number of pyridine rings is 1. The van der Waals surface area contributed by atoms with Gasteiger partial charge in [0.25, 0.3) is 0 Å². The van der Waals surface area contributed by atoms with Gasteiger partial charge in [0.1, 0.15) is 0 Å². The second kappa shape index (κ2) is 6.11. The first-order chi connectivity index (χ1) is 9.16. The quantitative estimate of drug-likeness (QED) is 0.892. The van der Waals surface area contributed by atoms with Crippen LogP contribution >= 0.6 is 0 Å². The first-order valence-electron chi connectivity index (χ1n) is 6.06. The van der Waals surface area contributed by atoms with E-state index in [9.17, 15) is 4.79 Å². The molecule has 0 aliphatic heterocycles. The van der Waals surface area contributed by atoms with Crippen molar-refractivity contribution in [1.82, 2.24) is 9.88 Å². The minimum absolute atomic E-state index is 0.266. The van der Waals surface area contributed by atoms with Crippen LogP contribution in [0.2, 0.25) is 0 Å². The lowest BCUT2D eigenvalue weighted by atomic mass is 10.1. The van der Waals surface area contributed by atoms with Crippen LogP contribution in [0.25, 0.3) is 0 Å². The summed E-state index contributed by atoms with van der Waals surface area (Å²) in [5.41, 5.74) is 2.05. The molecule has 0 atom stereocenters. The third-order valence-corrected chi connectivity index (χ3v) is 2.84. The maximum atomic E-state index is 11.1. The number of carboxylic acid groups (broad SMARTS) is 1. The summed E-state index contributed by atoms with van der Waals surface area (Å²) in [5, 5.41) is 9.11. The number of aromatic carboxylic acids is 1. The summed E-state index contributed by atoms with van der Waals surface area (Å²) < 4.78 is 0. The molecule has 0 saturated heterocycles. The molecule has 0 aliphatic rings. The molecule has 19 heavy (non-hydrogen) atoms. The average Bonchev–Trinajstić information content (AvgIpc) is 2.40. The number of carbonyl (C=O) groups is 1. The fourth-order valence-electron chi connectivity index (χ4n) is 1.97. The third kappa shape index (κ3) is 3.63. The number of hydrogen-bond donors (Lipinski definition) is 1. The van der Waals surface area contributed by atoms with E-state index >= 15 is 0 Å². The molecule has 0 bridgehead atoms. The fraction of sp³-hybridized carbons (Fsp3) is 0.200. The van der Waals surface area contributed by atoms with Gasteiger partial charge in [-0.1, -0.05) is 30.3 Å². The molecule has 0 saturated carbocycles. The van der Waals surface area contributed by atoms with Crippen molar-refractivity contribution < 1.29 is 9.90 Å². The van der Waals surface area contributed by atoms with Crippen LogP contribution < -0.4 is 0 Å². The van der Waals surface area contributed by atoms with Crippen molar-refractivity contribution in [1.29, 1.82) is 0 Å². The molecule has 0 amide bonds. The number of aromatic nitrogens is 1. The van der Waals surface area contributed by atoms with Gasteiger partial charge in [0, 0.05) is 19.3 Å². The Morgan fingerprint density at radius 3 is 2.58 bits per heavy atom. The predicted molar refractivity (Wildman–Crippen MR) is 72.8 cm³/mol. The summed E-state index contributed by atoms with van der Waals surface area (Å²) in [5.74, 6) is -0.934. The average molecular weight is 256 g/mol. The van der Waals surface area contributed by atoms with Crippen molar-refractivity contribution in [2.45, 2.75) is 13.1 Å². The van der Waals surface area contributed by atoms with E-state index in [4.69, 9.17) is 5.11 Å². The molecule has 0 aliphatic carbocycles. The zero-order valence-corrected chi connectivity index (χ0v) is 10.8. The minimum atomic E-state index is -0.934. The molecule has 1 N–H and O–H groups in total. The highest BCUT2D eigenvalue weighted by Gasteiger charge is 2.12. The molecule has 98 valence electrons. The van der Waals surface area contributed by atoms with Gasteiger partial charge in [-0.2, -0.15) is 0 Å². The van der Waals surface area contributed by atoms with E-state index in [1.165, 1.54) is 5.56 Å². The Kier molecular flexibility index (Phi) is 4.26. The second-order valence-corrected chi connectivity index (χ2v) is 4.46. The molecule has 0 unspecified atom stereocenters. The van der Waals surface area contributed by atoms with E-state index in [2.05, 4.69) is 4.98 Å². The Labute approximate surface area is 112 Å². The van der Waals surface area contributed by atoms with Crippen LogP contribution in [0.5, 0.6) is 0 Å². The molecule has 0 fully saturated rings. The molecule has 4 heteroatoms. The lowest BCUT2D eigenvalue weighted by Gasteiger charge is -2.17. The highest BCUT2D eigenvalue weighted by molar-refractivity contribution is 5.88. The molecule has 1 aromatic heterocycles. The smallest absolute Gasteiger partial charge is 0.337 e. The molecule has 2 rings (SSSR count). The van der Waals surface area contributed by atoms with Gasteiger partial charge in [-0.05, 0) is 24.7 Å². The van der Waals surface area contributed by atoms with Crippen molar-refractivity contribution in [2.75, 3.05) is 7.05 Å². The van der Waals surface area contributed by atoms with Crippen LogP contribution in [0.15, 0.2) is 48.7 Å². The fourth-order valence-corrected chi connectivity index (χ4v) is 1.97. The number of benzene rings is 1. The highest BCUT2D eigenvalue weighted by Crippen LogP contribution is 2.10. The van der Waals surface area contributed by atoms with Gasteiger partial charge in [0.2, 0.25) is 0 Å². The van der Waals surface area contributed by atoms with Crippen molar-refractivity contribution in [3.05, 3.63) is 65.5 Å². The van der Waals surface area contributed by atoms with Crippen molar-refractivity contribution in [3.63, 3.8) is 0 Å². The number of carboxylic acids is 1. The summed E-state index contributed by atoms with van der Waals surface area (Å²) in [4.78, 5) is 17.3. The molecule has 2 aromatic rings. The van der Waals surface area contributed by atoms with Gasteiger partial charge in [-0.3, -0.25) is 9.88 Å². The monoisotopic (exact) mass is 256 g/mol. The Bertz CT molecular complexity index is 555. The van der Waals surface area contributed by atoms with Crippen LogP contribution in [0, 0.1) is 0 Å². The second-order valence-electron chi connectivity index (χ2n) is 4.46. The summed E-state index contributed by atoms with van der Waals surface area (Å²) in [6.45, 7) is 1.27. The zero-order chi connectivity index (χ0) is 13.7. The van der Waals surface area contributed by atoms with Gasteiger partial charge in [0.15, 0.2) is 0 Å². The van der Waals surface area contributed by atoms with E-state index < -0.39 is 5.97 Å². The van der Waals surface area contributed by atoms with Crippen molar-refractivity contribution in [3.8, 4) is 0 Å². The molecule has 0 radical (unpaired) electrons. The summed E-state index contributed by atoms with van der Waals surface area (Å²) in [6, 6.07) is 13.3. The van der Waals surface area contributed by atoms with Crippen molar-refractivity contribution >= 4 is 5.97 Å². The van der Waals surface area contributed by atoms with Crippen LogP contribution in [0.1, 0.15) is 21.6 Å². The first kappa shape index (κ1) is 13.2. The van der Waals surface area contributed by atoms with Crippen LogP contribution in [0.3, 0.4) is 0 Å². The van der Waals surface area contributed by atoms with Crippen LogP contribution in [-0.4, -0.2) is 28.0 Å². The molecule has 1 heterocycles. The Morgan fingerprint density at radius 1 is 1.16 bits per heavy atom. The maximum Gasteiger partial charge on any atom is 0.337 e. The van der Waals surface area contributed by atoms with E-state index in [0.717, 1.165) is 6.54 Å². The zero-order valence-electron chi connectivity index (χ0n) is 10.8. The van der Waals surface area contributed by atoms with Crippen molar-refractivity contribution in [2.24, 2.45) is 0 Å². The Hall–Kier alpha value is -2.20. The number of rotatable bonds is 5. The minimum Gasteiger partial charge on any atom is -0.478 e. The lowest BCUT2D eigenvalue weighted by Crippen LogP contribution is -2.20. The molecular weight excluding hydrogens is 240 g/mol. The van der Waals surface area contributed by atoms with Gasteiger partial charge >= 0.3 is 5.97 Å².